The quantitative estimate of drug-likeness (QED) is 0.0272. The number of nitrogens with zero attached hydrogens (tertiary/aromatic N) is 2. The molecule has 0 bridgehead atoms. The minimum absolute atomic E-state index is 0.0434. The van der Waals surface area contributed by atoms with Gasteiger partial charge in [-0.05, 0) is 51.6 Å². The summed E-state index contributed by atoms with van der Waals surface area (Å²) in [7, 11) is 0. The Kier molecular flexibility index (Phi) is 49.4. The molecule has 0 radical (unpaired) electrons. The third-order valence-electron chi connectivity index (χ3n) is 13.7. The molecule has 0 rings (SSSR count). The van der Waals surface area contributed by atoms with Crippen molar-refractivity contribution in [2.45, 2.75) is 277 Å². The van der Waals surface area contributed by atoms with Crippen LogP contribution >= 0.6 is 0 Å². The van der Waals surface area contributed by atoms with Crippen LogP contribution in [0.2, 0.25) is 0 Å². The van der Waals surface area contributed by atoms with Crippen molar-refractivity contribution in [2.24, 2.45) is 0 Å². The van der Waals surface area contributed by atoms with Crippen LogP contribution in [-0.4, -0.2) is 144 Å². The third-order valence-corrected chi connectivity index (χ3v) is 13.7. The summed E-state index contributed by atoms with van der Waals surface area (Å²) < 4.78 is 0. The second-order valence-corrected chi connectivity index (χ2v) is 20.7. The molecule has 0 saturated carbocycles. The third kappa shape index (κ3) is 43.7. The molecule has 14 nitrogen and oxygen atoms in total. The largest absolute Gasteiger partial charge is 0.382 e. The highest BCUT2D eigenvalue weighted by molar-refractivity contribution is 5.82. The fourth-order valence-electron chi connectivity index (χ4n) is 9.02. The number of hydrogen-bond donors (Lipinski definition) is 8. The number of nitrogens with one attached hydrogen (secondary N) is 4. The summed E-state index contributed by atoms with van der Waals surface area (Å²) in [6, 6.07) is 0. The van der Waals surface area contributed by atoms with Crippen molar-refractivity contribution in [1.29, 1.82) is 0 Å². The van der Waals surface area contributed by atoms with E-state index in [0.717, 1.165) is 77.0 Å². The Balaban J connectivity index is 5.44. The summed E-state index contributed by atoms with van der Waals surface area (Å²) in [4.78, 5) is 55.4. The zero-order chi connectivity index (χ0) is 52.4. The summed E-state index contributed by atoms with van der Waals surface area (Å²) in [5, 5.41) is 55.4. The lowest BCUT2D eigenvalue weighted by atomic mass is 10.1. The van der Waals surface area contributed by atoms with E-state index in [4.69, 9.17) is 0 Å². The molecule has 0 aromatic rings. The van der Waals surface area contributed by atoms with Crippen LogP contribution in [0.4, 0.5) is 0 Å². The van der Waals surface area contributed by atoms with Crippen molar-refractivity contribution in [3.63, 3.8) is 0 Å². The van der Waals surface area contributed by atoms with E-state index < -0.39 is 48.0 Å². The van der Waals surface area contributed by atoms with Gasteiger partial charge in [0.15, 0.2) is 0 Å². The highest BCUT2D eigenvalue weighted by Crippen LogP contribution is 2.12. The van der Waals surface area contributed by atoms with E-state index >= 15 is 0 Å². The molecule has 0 aliphatic carbocycles. The average Bonchev–Trinajstić information content (AvgIpc) is 3.35. The maximum absolute atomic E-state index is 13.0. The highest BCUT2D eigenvalue weighted by Gasteiger charge is 2.25. The number of aliphatic hydroxyl groups is 4. The lowest BCUT2D eigenvalue weighted by molar-refractivity contribution is -0.133. The normalized spacial score (nSPS) is 13.3. The number of carbonyl (C=O) groups excluding carboxylic acids is 4. The summed E-state index contributed by atoms with van der Waals surface area (Å²) in [6.07, 6.45) is 33.1. The van der Waals surface area contributed by atoms with Crippen LogP contribution in [0.25, 0.3) is 0 Å². The van der Waals surface area contributed by atoms with Crippen molar-refractivity contribution in [2.75, 3.05) is 65.4 Å². The van der Waals surface area contributed by atoms with E-state index in [1.165, 1.54) is 128 Å². The Morgan fingerprint density at radius 1 is 0.282 bits per heavy atom. The van der Waals surface area contributed by atoms with Crippen molar-refractivity contribution in [3.05, 3.63) is 0 Å². The van der Waals surface area contributed by atoms with E-state index in [1.54, 1.807) is 9.80 Å². The Hall–Kier alpha value is -2.36. The molecule has 4 amide bonds. The molecule has 4 atom stereocenters. The minimum atomic E-state index is -1.33. The van der Waals surface area contributed by atoms with Gasteiger partial charge >= 0.3 is 0 Å². The van der Waals surface area contributed by atoms with E-state index in [-0.39, 0.29) is 26.2 Å². The van der Waals surface area contributed by atoms with Gasteiger partial charge in [0, 0.05) is 52.4 Å². The first kappa shape index (κ1) is 68.6. The van der Waals surface area contributed by atoms with Gasteiger partial charge in [0.2, 0.25) is 23.6 Å². The van der Waals surface area contributed by atoms with E-state index in [2.05, 4.69) is 49.0 Å². The molecule has 0 saturated heterocycles. The molecule has 0 aliphatic rings. The Morgan fingerprint density at radius 3 is 0.648 bits per heavy atom. The fraction of sp³-hybridized carbons (Fsp3) is 0.930. The first-order valence-corrected chi connectivity index (χ1v) is 29.8. The zero-order valence-corrected chi connectivity index (χ0v) is 46.4. The molecular weight excluding hydrogens is 897 g/mol. The number of hydrogen-bond acceptors (Lipinski definition) is 10. The van der Waals surface area contributed by atoms with Crippen LogP contribution in [0.5, 0.6) is 0 Å². The predicted molar refractivity (Wildman–Crippen MR) is 293 cm³/mol. The smallest absolute Gasteiger partial charge is 0.250 e. The molecular formula is C57H114N6O8. The molecule has 0 spiro atoms. The van der Waals surface area contributed by atoms with Crippen molar-refractivity contribution in [3.8, 4) is 0 Å². The van der Waals surface area contributed by atoms with Crippen LogP contribution in [0.3, 0.4) is 0 Å². The highest BCUT2D eigenvalue weighted by atomic mass is 16.3. The van der Waals surface area contributed by atoms with Crippen LogP contribution in [-0.2, 0) is 19.2 Å². The second kappa shape index (κ2) is 51.1. The number of unbranched alkanes of at least 4 members (excludes halogenated alkanes) is 30. The van der Waals surface area contributed by atoms with Gasteiger partial charge in [-0.3, -0.25) is 29.0 Å². The van der Waals surface area contributed by atoms with Crippen LogP contribution in [0.1, 0.15) is 252 Å². The first-order chi connectivity index (χ1) is 34.5. The molecule has 420 valence electrons. The molecule has 14 heteroatoms. The molecule has 0 aliphatic heterocycles. The van der Waals surface area contributed by atoms with E-state index in [1.807, 2.05) is 0 Å². The van der Waals surface area contributed by atoms with Crippen LogP contribution in [0, 0.1) is 0 Å². The Labute approximate surface area is 435 Å². The lowest BCUT2D eigenvalue weighted by Gasteiger charge is -2.28. The number of amides is 4. The number of carbonyl (C=O) groups is 4. The minimum Gasteiger partial charge on any atom is -0.382 e. The maximum atomic E-state index is 13.0. The summed E-state index contributed by atoms with van der Waals surface area (Å²) in [6.45, 7) is 11.4. The Bertz CT molecular complexity index is 1060. The lowest BCUT2D eigenvalue weighted by Crippen LogP contribution is -2.48. The van der Waals surface area contributed by atoms with Gasteiger partial charge < -0.3 is 41.7 Å². The molecule has 0 heterocycles. The van der Waals surface area contributed by atoms with Crippen molar-refractivity contribution < 1.29 is 39.6 Å². The zero-order valence-electron chi connectivity index (χ0n) is 46.4. The maximum Gasteiger partial charge on any atom is 0.250 e. The molecule has 71 heavy (non-hydrogen) atoms. The van der Waals surface area contributed by atoms with Gasteiger partial charge in [0.25, 0.3) is 0 Å². The van der Waals surface area contributed by atoms with Gasteiger partial charge in [-0.2, -0.15) is 0 Å². The molecule has 0 aromatic heterocycles. The van der Waals surface area contributed by atoms with Crippen LogP contribution in [0.15, 0.2) is 0 Å². The monoisotopic (exact) mass is 1010 g/mol. The molecule has 0 fully saturated rings. The van der Waals surface area contributed by atoms with Gasteiger partial charge in [-0.25, -0.2) is 0 Å². The number of aliphatic hydroxyl groups excluding tert-OH is 4. The summed E-state index contributed by atoms with van der Waals surface area (Å²) in [5.74, 6) is -1.88. The number of rotatable bonds is 54. The van der Waals surface area contributed by atoms with Gasteiger partial charge in [0.1, 0.15) is 24.4 Å². The summed E-state index contributed by atoms with van der Waals surface area (Å²) in [5.41, 5.74) is 0. The standard InChI is InChI=1S/C57H114N6O8/c1-5-9-13-17-21-25-29-34-40-58-54(68)50(64)46-62(47-51(65)55(69)59-41-35-30-26-22-18-14-10-6-2)44-38-33-39-45-63(48-52(66)56(70)60-42-36-31-27-23-19-15-11-7-3)49-53(67)57(71)61-43-37-32-28-24-20-16-12-8-4/h50-53,64-67H,5-49H2,1-4H3,(H,58,68)(H,59,69)(H,60,70)(H,61,71). The Morgan fingerprint density at radius 2 is 0.451 bits per heavy atom. The van der Waals surface area contributed by atoms with Gasteiger partial charge in [0.05, 0.1) is 0 Å². The van der Waals surface area contributed by atoms with Gasteiger partial charge in [-0.15, -0.1) is 0 Å². The molecule has 0 aromatic carbocycles. The van der Waals surface area contributed by atoms with E-state index in [9.17, 15) is 39.6 Å². The second-order valence-electron chi connectivity index (χ2n) is 20.7. The average molecular weight is 1010 g/mol. The van der Waals surface area contributed by atoms with E-state index in [0.29, 0.717) is 58.5 Å². The van der Waals surface area contributed by atoms with Crippen molar-refractivity contribution in [1.82, 2.24) is 31.1 Å². The van der Waals surface area contributed by atoms with Gasteiger partial charge in [-0.1, -0.05) is 214 Å². The SMILES string of the molecule is CCCCCCCCCCNC(=O)C(O)CN(CCCCCN(CC(O)C(=O)NCCCCCCCCCC)CC(O)C(=O)NCCCCCCCCCC)CC(O)C(=O)NCCCCCCCCCC. The molecule has 4 unspecified atom stereocenters. The fourth-order valence-corrected chi connectivity index (χ4v) is 9.02. The van der Waals surface area contributed by atoms with Crippen molar-refractivity contribution >= 4 is 23.6 Å². The summed E-state index contributed by atoms with van der Waals surface area (Å²) >= 11 is 0. The topological polar surface area (TPSA) is 204 Å². The molecule has 8 N–H and O–H groups in total. The predicted octanol–water partition coefficient (Wildman–Crippen LogP) is 9.23. The van der Waals surface area contributed by atoms with Crippen LogP contribution < -0.4 is 21.3 Å². The first-order valence-electron chi connectivity index (χ1n) is 29.8.